The Bertz CT molecular complexity index is 193. The SMILES string of the molecule is CC(C)C1CCC(C)(C(=O)O)CC1.F. The van der Waals surface area contributed by atoms with Crippen LogP contribution in [0.5, 0.6) is 0 Å². The first-order chi connectivity index (χ1) is 5.96. The molecule has 1 fully saturated rings. The van der Waals surface area contributed by atoms with E-state index in [1.807, 2.05) is 6.92 Å². The molecule has 0 heterocycles. The van der Waals surface area contributed by atoms with E-state index in [1.54, 1.807) is 0 Å². The molecule has 0 spiro atoms. The summed E-state index contributed by atoms with van der Waals surface area (Å²) in [5, 5.41) is 9.02. The Morgan fingerprint density at radius 3 is 2.07 bits per heavy atom. The van der Waals surface area contributed by atoms with Gasteiger partial charge in [-0.1, -0.05) is 13.8 Å². The normalized spacial score (nSPS) is 32.4. The van der Waals surface area contributed by atoms with Crippen LogP contribution in [0.3, 0.4) is 0 Å². The van der Waals surface area contributed by atoms with Gasteiger partial charge in [0.05, 0.1) is 5.41 Å². The molecular weight excluding hydrogens is 183 g/mol. The highest BCUT2D eigenvalue weighted by Gasteiger charge is 2.37. The van der Waals surface area contributed by atoms with Crippen molar-refractivity contribution in [3.8, 4) is 0 Å². The van der Waals surface area contributed by atoms with Crippen LogP contribution in [0.2, 0.25) is 0 Å². The summed E-state index contributed by atoms with van der Waals surface area (Å²) in [6, 6.07) is 0. The number of hydrogen-bond donors (Lipinski definition) is 1. The average Bonchev–Trinajstić information content (AvgIpc) is 2.04. The highest BCUT2D eigenvalue weighted by molar-refractivity contribution is 5.74. The molecule has 1 saturated carbocycles. The molecule has 1 N–H and O–H groups in total. The van der Waals surface area contributed by atoms with Crippen LogP contribution in [0.25, 0.3) is 0 Å². The molecule has 0 atom stereocenters. The van der Waals surface area contributed by atoms with Gasteiger partial charge in [0.25, 0.3) is 0 Å². The predicted octanol–water partition coefficient (Wildman–Crippen LogP) is 3.08. The summed E-state index contributed by atoms with van der Waals surface area (Å²) in [7, 11) is 0. The largest absolute Gasteiger partial charge is 0.481 e. The number of hydrogen-bond acceptors (Lipinski definition) is 1. The first-order valence-electron chi connectivity index (χ1n) is 5.19. The van der Waals surface area contributed by atoms with Crippen LogP contribution >= 0.6 is 0 Å². The van der Waals surface area contributed by atoms with Crippen molar-refractivity contribution in [2.45, 2.75) is 46.5 Å². The Kier molecular flexibility index (Phi) is 4.56. The van der Waals surface area contributed by atoms with Crippen molar-refractivity contribution in [2.24, 2.45) is 17.3 Å². The van der Waals surface area contributed by atoms with Gasteiger partial charge in [-0.3, -0.25) is 9.50 Å². The molecule has 2 nitrogen and oxygen atoms in total. The molecule has 14 heavy (non-hydrogen) atoms. The third-order valence-electron chi connectivity index (χ3n) is 3.59. The number of carbonyl (C=O) groups is 1. The van der Waals surface area contributed by atoms with Crippen molar-refractivity contribution in [1.82, 2.24) is 0 Å². The lowest BCUT2D eigenvalue weighted by atomic mass is 9.69. The molecule has 1 aliphatic carbocycles. The van der Waals surface area contributed by atoms with Crippen molar-refractivity contribution in [2.75, 3.05) is 0 Å². The van der Waals surface area contributed by atoms with Crippen LogP contribution in [0.4, 0.5) is 4.70 Å². The lowest BCUT2D eigenvalue weighted by Gasteiger charge is -2.35. The van der Waals surface area contributed by atoms with E-state index in [-0.39, 0.29) is 4.70 Å². The highest BCUT2D eigenvalue weighted by atomic mass is 19.0. The van der Waals surface area contributed by atoms with Gasteiger partial charge in [0.15, 0.2) is 0 Å². The second-order valence-corrected chi connectivity index (χ2v) is 4.95. The van der Waals surface area contributed by atoms with Gasteiger partial charge in [-0.25, -0.2) is 0 Å². The quantitative estimate of drug-likeness (QED) is 0.750. The van der Waals surface area contributed by atoms with Crippen molar-refractivity contribution >= 4 is 5.97 Å². The Labute approximate surface area is 85.1 Å². The van der Waals surface area contributed by atoms with Crippen LogP contribution < -0.4 is 0 Å². The molecule has 0 saturated heterocycles. The Morgan fingerprint density at radius 1 is 1.36 bits per heavy atom. The summed E-state index contributed by atoms with van der Waals surface area (Å²) >= 11 is 0. The van der Waals surface area contributed by atoms with Gasteiger partial charge in [0.2, 0.25) is 0 Å². The fourth-order valence-electron chi connectivity index (χ4n) is 2.16. The predicted molar refractivity (Wildman–Crippen MR) is 55.0 cm³/mol. The summed E-state index contributed by atoms with van der Waals surface area (Å²) < 4.78 is 0. The van der Waals surface area contributed by atoms with E-state index >= 15 is 0 Å². The maximum absolute atomic E-state index is 11.0. The zero-order valence-corrected chi connectivity index (χ0v) is 9.25. The molecule has 0 radical (unpaired) electrons. The van der Waals surface area contributed by atoms with E-state index in [2.05, 4.69) is 13.8 Å². The summed E-state index contributed by atoms with van der Waals surface area (Å²) in [5.74, 6) is 0.834. The number of aliphatic carboxylic acids is 1. The van der Waals surface area contributed by atoms with Crippen LogP contribution in [-0.2, 0) is 4.79 Å². The number of halogens is 1. The third kappa shape index (κ3) is 2.69. The monoisotopic (exact) mass is 204 g/mol. The maximum atomic E-state index is 11.0. The minimum Gasteiger partial charge on any atom is -0.481 e. The smallest absolute Gasteiger partial charge is 0.309 e. The topological polar surface area (TPSA) is 37.3 Å². The van der Waals surface area contributed by atoms with E-state index in [1.165, 1.54) is 0 Å². The Balaban J connectivity index is 0.00000169. The Hall–Kier alpha value is -0.600. The maximum Gasteiger partial charge on any atom is 0.309 e. The summed E-state index contributed by atoms with van der Waals surface area (Å²) in [5.41, 5.74) is -0.439. The first kappa shape index (κ1) is 13.4. The van der Waals surface area contributed by atoms with Crippen LogP contribution in [0.15, 0.2) is 0 Å². The molecule has 0 aliphatic heterocycles. The zero-order valence-electron chi connectivity index (χ0n) is 9.25. The van der Waals surface area contributed by atoms with Gasteiger partial charge >= 0.3 is 5.97 Å². The molecule has 0 aromatic carbocycles. The molecule has 0 unspecified atom stereocenters. The fraction of sp³-hybridized carbons (Fsp3) is 0.909. The van der Waals surface area contributed by atoms with Gasteiger partial charge < -0.3 is 5.11 Å². The van der Waals surface area contributed by atoms with Crippen LogP contribution in [0, 0.1) is 17.3 Å². The molecule has 3 heteroatoms. The second kappa shape index (κ2) is 4.76. The van der Waals surface area contributed by atoms with Crippen LogP contribution in [-0.4, -0.2) is 11.1 Å². The van der Waals surface area contributed by atoms with E-state index in [4.69, 9.17) is 5.11 Å². The highest BCUT2D eigenvalue weighted by Crippen LogP contribution is 2.41. The van der Waals surface area contributed by atoms with Gasteiger partial charge in [-0.2, -0.15) is 0 Å². The number of rotatable bonds is 2. The number of carboxylic acids is 1. The summed E-state index contributed by atoms with van der Waals surface area (Å²) in [6.07, 6.45) is 3.87. The minimum atomic E-state index is -0.616. The van der Waals surface area contributed by atoms with Crippen molar-refractivity contribution in [3.05, 3.63) is 0 Å². The molecule has 1 aliphatic rings. The molecule has 0 amide bonds. The molecule has 1 rings (SSSR count). The average molecular weight is 204 g/mol. The molecule has 0 aromatic rings. The first-order valence-corrected chi connectivity index (χ1v) is 5.19. The summed E-state index contributed by atoms with van der Waals surface area (Å²) in [4.78, 5) is 11.0. The number of carboxylic acid groups (broad SMARTS) is 1. The standard InChI is InChI=1S/C11H20O2.FH/c1-8(2)9-4-6-11(3,7-5-9)10(12)13;/h8-9H,4-7H2,1-3H3,(H,12,13);1H. The van der Waals surface area contributed by atoms with Gasteiger partial charge in [0.1, 0.15) is 0 Å². The van der Waals surface area contributed by atoms with Crippen molar-refractivity contribution in [3.63, 3.8) is 0 Å². The van der Waals surface area contributed by atoms with Gasteiger partial charge in [0, 0.05) is 0 Å². The lowest BCUT2D eigenvalue weighted by Crippen LogP contribution is -2.33. The molecule has 0 bridgehead atoms. The van der Waals surface area contributed by atoms with Gasteiger partial charge in [-0.15, -0.1) is 0 Å². The van der Waals surface area contributed by atoms with E-state index in [0.717, 1.165) is 31.6 Å². The fourth-order valence-corrected chi connectivity index (χ4v) is 2.16. The molecule has 0 aromatic heterocycles. The second-order valence-electron chi connectivity index (χ2n) is 4.95. The van der Waals surface area contributed by atoms with Crippen LogP contribution in [0.1, 0.15) is 46.5 Å². The van der Waals surface area contributed by atoms with Crippen molar-refractivity contribution < 1.29 is 14.6 Å². The van der Waals surface area contributed by atoms with Gasteiger partial charge in [-0.05, 0) is 44.4 Å². The van der Waals surface area contributed by atoms with E-state index < -0.39 is 11.4 Å². The van der Waals surface area contributed by atoms with E-state index in [9.17, 15) is 4.79 Å². The molecular formula is C11H21FO2. The lowest BCUT2D eigenvalue weighted by molar-refractivity contribution is -0.150. The zero-order chi connectivity index (χ0) is 10.1. The third-order valence-corrected chi connectivity index (χ3v) is 3.59. The molecule has 84 valence electrons. The summed E-state index contributed by atoms with van der Waals surface area (Å²) in [6.45, 7) is 6.34. The minimum absolute atomic E-state index is 0. The van der Waals surface area contributed by atoms with Crippen molar-refractivity contribution in [1.29, 1.82) is 0 Å². The Morgan fingerprint density at radius 2 is 1.79 bits per heavy atom. The van der Waals surface area contributed by atoms with E-state index in [0.29, 0.717) is 5.92 Å².